The summed E-state index contributed by atoms with van der Waals surface area (Å²) < 4.78 is 11.4. The Labute approximate surface area is 105 Å². The van der Waals surface area contributed by atoms with Crippen LogP contribution in [0.1, 0.15) is 32.6 Å². The lowest BCUT2D eigenvalue weighted by molar-refractivity contribution is 0.0412. The van der Waals surface area contributed by atoms with Crippen LogP contribution in [0.2, 0.25) is 0 Å². The number of hydrogen-bond donors (Lipinski definition) is 0. The van der Waals surface area contributed by atoms with Gasteiger partial charge < -0.3 is 9.47 Å². The second-order valence-electron chi connectivity index (χ2n) is 5.42. The molecule has 2 atom stereocenters. The second-order valence-corrected chi connectivity index (χ2v) is 5.42. The van der Waals surface area contributed by atoms with Crippen LogP contribution in [0.15, 0.2) is 12.2 Å². The fourth-order valence-corrected chi connectivity index (χ4v) is 2.74. The maximum Gasteiger partial charge on any atom is 0.0702 e. The van der Waals surface area contributed by atoms with Gasteiger partial charge in [0, 0.05) is 32.8 Å². The maximum absolute atomic E-state index is 5.72. The first-order valence-electron chi connectivity index (χ1n) is 6.84. The summed E-state index contributed by atoms with van der Waals surface area (Å²) in [5, 5.41) is 0. The molecule has 0 N–H and O–H groups in total. The molecule has 0 unspecified atom stereocenters. The molecule has 0 bridgehead atoms. The largest absolute Gasteiger partial charge is 0.377 e. The molecular formula is C14H25NO2. The lowest BCUT2D eigenvalue weighted by atomic mass is 10.2. The molecule has 2 fully saturated rings. The van der Waals surface area contributed by atoms with Crippen molar-refractivity contribution < 1.29 is 9.47 Å². The Bertz CT molecular complexity index is 225. The van der Waals surface area contributed by atoms with Crippen LogP contribution in [0.3, 0.4) is 0 Å². The molecule has 0 saturated carbocycles. The maximum atomic E-state index is 5.72. The third-order valence-corrected chi connectivity index (χ3v) is 3.47. The van der Waals surface area contributed by atoms with E-state index >= 15 is 0 Å². The average Bonchev–Trinajstić information content (AvgIpc) is 2.89. The molecule has 0 aromatic heterocycles. The lowest BCUT2D eigenvalue weighted by Crippen LogP contribution is -2.38. The van der Waals surface area contributed by atoms with Gasteiger partial charge in [0.2, 0.25) is 0 Å². The molecule has 2 rings (SSSR count). The molecular weight excluding hydrogens is 214 g/mol. The monoisotopic (exact) mass is 239 g/mol. The van der Waals surface area contributed by atoms with Gasteiger partial charge in [0.25, 0.3) is 0 Å². The zero-order valence-electron chi connectivity index (χ0n) is 11.0. The Balaban J connectivity index is 1.80. The lowest BCUT2D eigenvalue weighted by Gasteiger charge is -2.27. The van der Waals surface area contributed by atoms with E-state index in [2.05, 4.69) is 18.4 Å². The van der Waals surface area contributed by atoms with Gasteiger partial charge in [-0.15, -0.1) is 0 Å². The summed E-state index contributed by atoms with van der Waals surface area (Å²) in [6, 6.07) is 0. The molecule has 0 aromatic rings. The van der Waals surface area contributed by atoms with Crippen molar-refractivity contribution in [2.75, 3.05) is 32.8 Å². The number of ether oxygens (including phenoxy) is 2. The van der Waals surface area contributed by atoms with E-state index in [-0.39, 0.29) is 0 Å². The van der Waals surface area contributed by atoms with E-state index in [9.17, 15) is 0 Å². The minimum Gasteiger partial charge on any atom is -0.377 e. The Morgan fingerprint density at radius 1 is 1.12 bits per heavy atom. The summed E-state index contributed by atoms with van der Waals surface area (Å²) in [5.41, 5.74) is 1.22. The Morgan fingerprint density at radius 3 is 2.00 bits per heavy atom. The van der Waals surface area contributed by atoms with Gasteiger partial charge in [-0.2, -0.15) is 0 Å². The van der Waals surface area contributed by atoms with E-state index in [0.29, 0.717) is 12.2 Å². The van der Waals surface area contributed by atoms with E-state index in [1.165, 1.54) is 31.3 Å². The number of rotatable bonds is 6. The molecule has 0 aliphatic carbocycles. The Morgan fingerprint density at radius 2 is 1.65 bits per heavy atom. The van der Waals surface area contributed by atoms with Crippen molar-refractivity contribution in [1.82, 2.24) is 4.90 Å². The van der Waals surface area contributed by atoms with E-state index in [1.807, 2.05) is 0 Å². The molecule has 2 heterocycles. The van der Waals surface area contributed by atoms with Crippen molar-refractivity contribution in [3.8, 4) is 0 Å². The highest BCUT2D eigenvalue weighted by Gasteiger charge is 2.23. The van der Waals surface area contributed by atoms with E-state index in [0.717, 1.165) is 32.8 Å². The van der Waals surface area contributed by atoms with Gasteiger partial charge in [-0.05, 0) is 32.6 Å². The molecule has 2 saturated heterocycles. The molecule has 0 spiro atoms. The van der Waals surface area contributed by atoms with E-state index < -0.39 is 0 Å². The fraction of sp³-hybridized carbons (Fsp3) is 0.857. The molecule has 3 heteroatoms. The number of hydrogen-bond acceptors (Lipinski definition) is 3. The van der Waals surface area contributed by atoms with Crippen molar-refractivity contribution in [2.45, 2.75) is 44.8 Å². The predicted octanol–water partition coefficient (Wildman–Crippen LogP) is 2.22. The van der Waals surface area contributed by atoms with Gasteiger partial charge in [-0.25, -0.2) is 0 Å². The topological polar surface area (TPSA) is 21.7 Å². The zero-order valence-corrected chi connectivity index (χ0v) is 11.0. The van der Waals surface area contributed by atoms with Crippen LogP contribution in [0, 0.1) is 0 Å². The Hall–Kier alpha value is -0.380. The molecule has 0 aromatic carbocycles. The highest BCUT2D eigenvalue weighted by molar-refractivity contribution is 4.93. The average molecular weight is 239 g/mol. The van der Waals surface area contributed by atoms with Gasteiger partial charge in [0.15, 0.2) is 0 Å². The molecule has 0 amide bonds. The SMILES string of the molecule is C=C(C)CN(C[C@H]1CCCO1)C[C@@H]1CCCO1. The van der Waals surface area contributed by atoms with E-state index in [4.69, 9.17) is 9.47 Å². The normalized spacial score (nSPS) is 29.1. The van der Waals surface area contributed by atoms with Crippen LogP contribution in [-0.4, -0.2) is 50.0 Å². The van der Waals surface area contributed by atoms with Crippen LogP contribution in [0.25, 0.3) is 0 Å². The van der Waals surface area contributed by atoms with Crippen LogP contribution < -0.4 is 0 Å². The molecule has 98 valence electrons. The van der Waals surface area contributed by atoms with Gasteiger partial charge in [0.05, 0.1) is 12.2 Å². The molecule has 0 radical (unpaired) electrons. The summed E-state index contributed by atoms with van der Waals surface area (Å²) in [4.78, 5) is 2.45. The summed E-state index contributed by atoms with van der Waals surface area (Å²) in [6.45, 7) is 11.0. The van der Waals surface area contributed by atoms with Crippen molar-refractivity contribution in [3.63, 3.8) is 0 Å². The van der Waals surface area contributed by atoms with Gasteiger partial charge in [-0.3, -0.25) is 4.90 Å². The smallest absolute Gasteiger partial charge is 0.0702 e. The minimum atomic E-state index is 0.427. The first-order chi connectivity index (χ1) is 8.24. The zero-order chi connectivity index (χ0) is 12.1. The Kier molecular flexibility index (Phi) is 5.01. The van der Waals surface area contributed by atoms with E-state index in [1.54, 1.807) is 0 Å². The van der Waals surface area contributed by atoms with Crippen molar-refractivity contribution in [1.29, 1.82) is 0 Å². The molecule has 17 heavy (non-hydrogen) atoms. The first kappa shape index (κ1) is 13.1. The van der Waals surface area contributed by atoms with Crippen molar-refractivity contribution >= 4 is 0 Å². The summed E-state index contributed by atoms with van der Waals surface area (Å²) >= 11 is 0. The minimum absolute atomic E-state index is 0.427. The van der Waals surface area contributed by atoms with Crippen molar-refractivity contribution in [3.05, 3.63) is 12.2 Å². The first-order valence-corrected chi connectivity index (χ1v) is 6.84. The van der Waals surface area contributed by atoms with Crippen LogP contribution in [0.5, 0.6) is 0 Å². The van der Waals surface area contributed by atoms with Crippen LogP contribution in [-0.2, 0) is 9.47 Å². The summed E-state index contributed by atoms with van der Waals surface area (Å²) in [7, 11) is 0. The summed E-state index contributed by atoms with van der Waals surface area (Å²) in [5.74, 6) is 0. The third-order valence-electron chi connectivity index (χ3n) is 3.47. The highest BCUT2D eigenvalue weighted by atomic mass is 16.5. The number of nitrogens with zero attached hydrogens (tertiary/aromatic N) is 1. The standard InChI is InChI=1S/C14H25NO2/c1-12(2)9-15(10-13-5-3-7-16-13)11-14-6-4-8-17-14/h13-14H,1,3-11H2,2H3/t13-,14+. The highest BCUT2D eigenvalue weighted by Crippen LogP contribution is 2.17. The van der Waals surface area contributed by atoms with Crippen LogP contribution in [0.4, 0.5) is 0 Å². The van der Waals surface area contributed by atoms with Gasteiger partial charge in [-0.1, -0.05) is 12.2 Å². The van der Waals surface area contributed by atoms with Gasteiger partial charge >= 0.3 is 0 Å². The second kappa shape index (κ2) is 6.53. The predicted molar refractivity (Wildman–Crippen MR) is 69.2 cm³/mol. The van der Waals surface area contributed by atoms with Crippen molar-refractivity contribution in [2.24, 2.45) is 0 Å². The molecule has 2 aliphatic heterocycles. The van der Waals surface area contributed by atoms with Crippen LogP contribution >= 0.6 is 0 Å². The third kappa shape index (κ3) is 4.41. The molecule has 3 nitrogen and oxygen atoms in total. The molecule has 2 aliphatic rings. The van der Waals surface area contributed by atoms with Gasteiger partial charge in [0.1, 0.15) is 0 Å². The summed E-state index contributed by atoms with van der Waals surface area (Å²) in [6.07, 6.45) is 5.69. The quantitative estimate of drug-likeness (QED) is 0.663. The fourth-order valence-electron chi connectivity index (χ4n) is 2.74.